The molecule has 0 aliphatic rings. The van der Waals surface area contributed by atoms with Crippen LogP contribution < -0.4 is 20.8 Å². The van der Waals surface area contributed by atoms with Crippen LogP contribution in [0.2, 0.25) is 10.0 Å². The van der Waals surface area contributed by atoms with E-state index in [-0.39, 0.29) is 11.6 Å². The lowest BCUT2D eigenvalue weighted by Gasteiger charge is -2.11. The van der Waals surface area contributed by atoms with Crippen LogP contribution in [0.4, 0.5) is 11.4 Å². The van der Waals surface area contributed by atoms with Crippen molar-refractivity contribution >= 4 is 58.5 Å². The first-order valence-electron chi connectivity index (χ1n) is 10.4. The Kier molecular flexibility index (Phi) is 8.83. The normalized spacial score (nSPS) is 10.6. The topological polar surface area (TPSA) is 109 Å². The van der Waals surface area contributed by atoms with Crippen LogP contribution in [0.15, 0.2) is 65.8 Å². The molecule has 3 amide bonds. The van der Waals surface area contributed by atoms with Gasteiger partial charge >= 0.3 is 11.8 Å². The Morgan fingerprint density at radius 2 is 1.57 bits per heavy atom. The Hall–Kier alpha value is -3.88. The van der Waals surface area contributed by atoms with Gasteiger partial charge in [0, 0.05) is 11.3 Å². The van der Waals surface area contributed by atoms with Crippen molar-refractivity contribution in [1.82, 2.24) is 5.43 Å². The molecule has 0 aliphatic heterocycles. The third-order valence-corrected chi connectivity index (χ3v) is 5.62. The predicted octanol–water partition coefficient (Wildman–Crippen LogP) is 4.72. The van der Waals surface area contributed by atoms with Gasteiger partial charge in [-0.3, -0.25) is 14.4 Å². The predicted molar refractivity (Wildman–Crippen MR) is 137 cm³/mol. The number of nitrogens with zero attached hydrogens (tertiary/aromatic N) is 1. The second kappa shape index (κ2) is 12.0. The fourth-order valence-electron chi connectivity index (χ4n) is 3.04. The van der Waals surface area contributed by atoms with Gasteiger partial charge in [0.1, 0.15) is 5.75 Å². The number of anilines is 2. The molecule has 0 radical (unpaired) electrons. The summed E-state index contributed by atoms with van der Waals surface area (Å²) in [6, 6.07) is 17.2. The van der Waals surface area contributed by atoms with E-state index >= 15 is 0 Å². The molecule has 0 spiro atoms. The van der Waals surface area contributed by atoms with Crippen LogP contribution in [0.1, 0.15) is 16.7 Å². The molecule has 0 aromatic heterocycles. The van der Waals surface area contributed by atoms with Crippen molar-refractivity contribution in [3.8, 4) is 5.75 Å². The molecule has 180 valence electrons. The first kappa shape index (κ1) is 25.7. The van der Waals surface area contributed by atoms with E-state index in [0.717, 1.165) is 11.1 Å². The minimum absolute atomic E-state index is 0.229. The third kappa shape index (κ3) is 7.05. The average molecular weight is 513 g/mol. The maximum atomic E-state index is 12.3. The van der Waals surface area contributed by atoms with Crippen molar-refractivity contribution in [2.75, 3.05) is 17.2 Å². The molecular formula is C25H22Cl2N4O4. The molecule has 0 saturated heterocycles. The van der Waals surface area contributed by atoms with Crippen LogP contribution in [-0.2, 0) is 14.4 Å². The van der Waals surface area contributed by atoms with E-state index in [2.05, 4.69) is 21.2 Å². The number of ether oxygens (including phenoxy) is 1. The van der Waals surface area contributed by atoms with Crippen LogP contribution in [0.3, 0.4) is 0 Å². The zero-order valence-corrected chi connectivity index (χ0v) is 20.4. The van der Waals surface area contributed by atoms with Crippen molar-refractivity contribution < 1.29 is 19.1 Å². The smallest absolute Gasteiger partial charge is 0.329 e. The number of carbonyl (C=O) groups excluding carboxylic acids is 3. The number of rotatable bonds is 7. The Balaban J connectivity index is 1.57. The van der Waals surface area contributed by atoms with Gasteiger partial charge in [-0.1, -0.05) is 59.6 Å². The number of carbonyl (C=O) groups is 3. The van der Waals surface area contributed by atoms with Gasteiger partial charge in [0.2, 0.25) is 0 Å². The Bertz CT molecular complexity index is 1270. The molecule has 0 fully saturated rings. The number of amides is 3. The maximum Gasteiger partial charge on any atom is 0.329 e. The summed E-state index contributed by atoms with van der Waals surface area (Å²) >= 11 is 12.0. The van der Waals surface area contributed by atoms with Crippen molar-refractivity contribution in [2.24, 2.45) is 5.10 Å². The number of hydrogen-bond donors (Lipinski definition) is 3. The quantitative estimate of drug-likeness (QED) is 0.241. The van der Waals surface area contributed by atoms with Crippen LogP contribution in [-0.4, -0.2) is 30.5 Å². The van der Waals surface area contributed by atoms with Gasteiger partial charge in [-0.15, -0.1) is 0 Å². The third-order valence-electron chi connectivity index (χ3n) is 4.80. The molecule has 3 N–H and O–H groups in total. The lowest BCUT2D eigenvalue weighted by Crippen LogP contribution is -2.32. The minimum Gasteiger partial charge on any atom is -0.483 e. The van der Waals surface area contributed by atoms with Gasteiger partial charge in [-0.05, 0) is 49.2 Å². The SMILES string of the molecule is Cc1cccc(C)c1NC(=O)C(=O)N/N=C\c1ccccc1OCC(=O)Nc1cccc(Cl)c1Cl. The summed E-state index contributed by atoms with van der Waals surface area (Å²) in [4.78, 5) is 36.6. The van der Waals surface area contributed by atoms with Crippen LogP contribution in [0.5, 0.6) is 5.75 Å². The van der Waals surface area contributed by atoms with Gasteiger partial charge in [0.05, 0.1) is 21.9 Å². The highest BCUT2D eigenvalue weighted by molar-refractivity contribution is 6.44. The number of hydrogen-bond acceptors (Lipinski definition) is 5. The molecule has 0 heterocycles. The summed E-state index contributed by atoms with van der Waals surface area (Å²) in [5.74, 6) is -1.88. The van der Waals surface area contributed by atoms with Crippen LogP contribution in [0, 0.1) is 13.8 Å². The van der Waals surface area contributed by atoms with Gasteiger partial charge in [0.25, 0.3) is 5.91 Å². The molecule has 0 bridgehead atoms. The van der Waals surface area contributed by atoms with Gasteiger partial charge < -0.3 is 15.4 Å². The summed E-state index contributed by atoms with van der Waals surface area (Å²) in [5.41, 5.74) is 5.28. The maximum absolute atomic E-state index is 12.3. The Morgan fingerprint density at radius 3 is 2.31 bits per heavy atom. The highest BCUT2D eigenvalue weighted by Crippen LogP contribution is 2.29. The van der Waals surface area contributed by atoms with E-state index in [1.807, 2.05) is 32.0 Å². The first-order chi connectivity index (χ1) is 16.8. The molecule has 10 heteroatoms. The van der Waals surface area contributed by atoms with E-state index in [9.17, 15) is 14.4 Å². The molecule has 0 saturated carbocycles. The van der Waals surface area contributed by atoms with Crippen molar-refractivity contribution in [3.05, 3.63) is 87.4 Å². The van der Waals surface area contributed by atoms with E-state index in [0.29, 0.717) is 27.7 Å². The van der Waals surface area contributed by atoms with Crippen molar-refractivity contribution in [1.29, 1.82) is 0 Å². The molecule has 35 heavy (non-hydrogen) atoms. The van der Waals surface area contributed by atoms with E-state index in [1.54, 1.807) is 42.5 Å². The van der Waals surface area contributed by atoms with Crippen LogP contribution >= 0.6 is 23.2 Å². The molecule has 0 aliphatic carbocycles. The number of nitrogens with one attached hydrogen (secondary N) is 3. The summed E-state index contributed by atoms with van der Waals surface area (Å²) in [7, 11) is 0. The van der Waals surface area contributed by atoms with Gasteiger partial charge in [-0.25, -0.2) is 5.43 Å². The van der Waals surface area contributed by atoms with E-state index < -0.39 is 17.7 Å². The van der Waals surface area contributed by atoms with Crippen molar-refractivity contribution in [2.45, 2.75) is 13.8 Å². The van der Waals surface area contributed by atoms with Gasteiger partial charge in [-0.2, -0.15) is 5.10 Å². The molecule has 0 unspecified atom stereocenters. The second-order valence-corrected chi connectivity index (χ2v) is 8.18. The summed E-state index contributed by atoms with van der Waals surface area (Å²) < 4.78 is 5.58. The standard InChI is InChI=1S/C25H22Cl2N4O4/c1-15-7-5-8-16(2)23(15)30-24(33)25(34)31-28-13-17-9-3-4-12-20(17)35-14-21(32)29-19-11-6-10-18(26)22(19)27/h3-13H,14H2,1-2H3,(H,29,32)(H,30,33)(H,31,34)/b28-13-. The molecular weight excluding hydrogens is 491 g/mol. The average Bonchev–Trinajstić information content (AvgIpc) is 2.83. The molecule has 3 rings (SSSR count). The second-order valence-electron chi connectivity index (χ2n) is 7.40. The first-order valence-corrected chi connectivity index (χ1v) is 11.2. The fourth-order valence-corrected chi connectivity index (χ4v) is 3.39. The molecule has 0 atom stereocenters. The molecule has 3 aromatic rings. The minimum atomic E-state index is -0.930. The number of para-hydroxylation sites is 2. The lowest BCUT2D eigenvalue weighted by molar-refractivity contribution is -0.136. The summed E-state index contributed by atoms with van der Waals surface area (Å²) in [5, 5.41) is 9.58. The van der Waals surface area contributed by atoms with Crippen molar-refractivity contribution in [3.63, 3.8) is 0 Å². The van der Waals surface area contributed by atoms with Gasteiger partial charge in [0.15, 0.2) is 6.61 Å². The zero-order valence-electron chi connectivity index (χ0n) is 18.9. The lowest BCUT2D eigenvalue weighted by atomic mass is 10.1. The number of benzene rings is 3. The summed E-state index contributed by atoms with van der Waals surface area (Å²) in [6.07, 6.45) is 1.31. The number of aryl methyl sites for hydroxylation is 2. The fraction of sp³-hybridized carbons (Fsp3) is 0.120. The Labute approximate surface area is 212 Å². The van der Waals surface area contributed by atoms with Crippen LogP contribution in [0.25, 0.3) is 0 Å². The highest BCUT2D eigenvalue weighted by Gasteiger charge is 2.15. The summed E-state index contributed by atoms with van der Waals surface area (Å²) in [6.45, 7) is 3.36. The number of hydrazone groups is 1. The molecule has 3 aromatic carbocycles. The number of halogens is 2. The highest BCUT2D eigenvalue weighted by atomic mass is 35.5. The molecule has 8 nitrogen and oxygen atoms in total. The zero-order chi connectivity index (χ0) is 25.4. The largest absolute Gasteiger partial charge is 0.483 e. The van der Waals surface area contributed by atoms with E-state index in [4.69, 9.17) is 27.9 Å². The monoisotopic (exact) mass is 512 g/mol. The van der Waals surface area contributed by atoms with E-state index in [1.165, 1.54) is 6.21 Å². The Morgan fingerprint density at radius 1 is 0.886 bits per heavy atom.